The lowest BCUT2D eigenvalue weighted by molar-refractivity contribution is -0.140. The summed E-state index contributed by atoms with van der Waals surface area (Å²) in [4.78, 5) is 32.2. The molecule has 2 aromatic rings. The molecule has 0 spiro atoms. The molecule has 1 aliphatic carbocycles. The Balaban J connectivity index is 1.64. The summed E-state index contributed by atoms with van der Waals surface area (Å²) >= 11 is 0. The number of phenols is 1. The van der Waals surface area contributed by atoms with Crippen LogP contribution < -0.4 is 0 Å². The highest BCUT2D eigenvalue weighted by Gasteiger charge is 2.54. The molecule has 1 aromatic carbocycles. The average Bonchev–Trinajstić information content (AvgIpc) is 3.16. The summed E-state index contributed by atoms with van der Waals surface area (Å²) in [6.07, 6.45) is 6.22. The Hall–Kier alpha value is -3.29. The summed E-state index contributed by atoms with van der Waals surface area (Å²) in [5, 5.41) is 32.4. The number of phenolic OH excluding ortho intramolecular Hbond substituents is 1. The topological polar surface area (TPSA) is 111 Å². The number of pyridine rings is 1. The maximum absolute atomic E-state index is 13.3. The quantitative estimate of drug-likeness (QED) is 0.296. The molecular formula is C31H38N2O5. The molecule has 1 fully saturated rings. The van der Waals surface area contributed by atoms with Crippen LogP contribution in [0.2, 0.25) is 0 Å². The van der Waals surface area contributed by atoms with Crippen LogP contribution in [-0.2, 0) is 9.59 Å². The number of nitrogens with zero attached hydrogens (tertiary/aromatic N) is 2. The lowest BCUT2D eigenvalue weighted by Gasteiger charge is -2.36. The number of aliphatic hydroxyl groups is 2. The van der Waals surface area contributed by atoms with Crippen molar-refractivity contribution in [3.8, 4) is 5.75 Å². The molecule has 3 N–H and O–H groups in total. The number of para-hydroxylation sites is 1. The van der Waals surface area contributed by atoms with Crippen LogP contribution in [0.5, 0.6) is 5.75 Å². The summed E-state index contributed by atoms with van der Waals surface area (Å²) in [7, 11) is 0. The van der Waals surface area contributed by atoms with Gasteiger partial charge in [0.2, 0.25) is 11.8 Å². The Morgan fingerprint density at radius 3 is 2.53 bits per heavy atom. The molecule has 38 heavy (non-hydrogen) atoms. The predicted octanol–water partition coefficient (Wildman–Crippen LogP) is 4.59. The van der Waals surface area contributed by atoms with Gasteiger partial charge in [0.25, 0.3) is 0 Å². The molecule has 0 bridgehead atoms. The fourth-order valence-electron chi connectivity index (χ4n) is 6.08. The monoisotopic (exact) mass is 518 g/mol. The smallest absolute Gasteiger partial charge is 0.233 e. The van der Waals surface area contributed by atoms with Gasteiger partial charge < -0.3 is 15.3 Å². The number of allylic oxidation sites excluding steroid dienone is 2. The zero-order chi connectivity index (χ0) is 27.2. The number of likely N-dealkylation sites (tertiary alicyclic amines) is 1. The summed E-state index contributed by atoms with van der Waals surface area (Å²) in [5.74, 6) is -1.89. The van der Waals surface area contributed by atoms with Crippen LogP contribution in [-0.4, -0.2) is 56.3 Å². The predicted molar refractivity (Wildman–Crippen MR) is 147 cm³/mol. The molecule has 7 heteroatoms. The van der Waals surface area contributed by atoms with Crippen LogP contribution in [0.4, 0.5) is 0 Å². The Labute approximate surface area is 224 Å². The van der Waals surface area contributed by atoms with E-state index in [1.807, 2.05) is 43.3 Å². The molecule has 1 saturated heterocycles. The molecule has 0 unspecified atom stereocenters. The third kappa shape index (κ3) is 5.59. The molecule has 4 rings (SSSR count). The number of aromatic hydroxyl groups is 1. The number of rotatable bonds is 11. The zero-order valence-electron chi connectivity index (χ0n) is 22.2. The molecule has 4 atom stereocenters. The Bertz CT molecular complexity index is 1210. The van der Waals surface area contributed by atoms with Gasteiger partial charge in [-0.05, 0) is 67.5 Å². The van der Waals surface area contributed by atoms with Gasteiger partial charge in [0, 0.05) is 24.2 Å². The van der Waals surface area contributed by atoms with E-state index in [-0.39, 0.29) is 24.2 Å². The molecule has 2 heterocycles. The van der Waals surface area contributed by atoms with Gasteiger partial charge in [0.15, 0.2) is 0 Å². The Morgan fingerprint density at radius 2 is 1.87 bits per heavy atom. The van der Waals surface area contributed by atoms with E-state index in [1.54, 1.807) is 18.3 Å². The van der Waals surface area contributed by atoms with Crippen molar-refractivity contribution in [2.75, 3.05) is 13.2 Å². The van der Waals surface area contributed by atoms with Crippen molar-refractivity contribution in [2.45, 2.75) is 58.5 Å². The maximum atomic E-state index is 13.3. The van der Waals surface area contributed by atoms with Crippen molar-refractivity contribution in [1.29, 1.82) is 0 Å². The zero-order valence-corrected chi connectivity index (χ0v) is 22.2. The first kappa shape index (κ1) is 27.7. The van der Waals surface area contributed by atoms with E-state index >= 15 is 0 Å². The van der Waals surface area contributed by atoms with E-state index in [2.05, 4.69) is 11.9 Å². The Kier molecular flexibility index (Phi) is 9.13. The first-order chi connectivity index (χ1) is 18.4. The van der Waals surface area contributed by atoms with Gasteiger partial charge in [-0.25, -0.2) is 0 Å². The van der Waals surface area contributed by atoms with Crippen LogP contribution in [0.3, 0.4) is 0 Å². The molecule has 2 amide bonds. The minimum absolute atomic E-state index is 0.148. The van der Waals surface area contributed by atoms with Crippen LogP contribution in [0, 0.1) is 17.8 Å². The van der Waals surface area contributed by atoms with Crippen LogP contribution in [0.15, 0.2) is 59.8 Å². The number of fused-ring (bicyclic) bond motifs is 1. The van der Waals surface area contributed by atoms with Gasteiger partial charge in [-0.15, -0.1) is 0 Å². The number of carbonyl (C=O) groups excluding carboxylic acids is 2. The minimum Gasteiger partial charge on any atom is -0.507 e. The van der Waals surface area contributed by atoms with Crippen molar-refractivity contribution in [1.82, 2.24) is 9.88 Å². The SMILES string of the molecule is CCCC1=C([C@H](O)CC/C(=C/c2ccccc2O)c2ccccn2)[C@H](CO)[C@@H]2C(=O)N(CCC)C(=O)[C@@H]2C1. The number of amides is 2. The second kappa shape index (κ2) is 12.5. The molecule has 0 radical (unpaired) electrons. The number of hydrogen-bond donors (Lipinski definition) is 3. The molecule has 1 aromatic heterocycles. The van der Waals surface area contributed by atoms with Crippen molar-refractivity contribution in [3.63, 3.8) is 0 Å². The van der Waals surface area contributed by atoms with Crippen molar-refractivity contribution in [2.24, 2.45) is 17.8 Å². The fraction of sp³-hybridized carbons (Fsp3) is 0.452. The molecule has 7 nitrogen and oxygen atoms in total. The molecular weight excluding hydrogens is 480 g/mol. The van der Waals surface area contributed by atoms with Gasteiger partial charge in [0.05, 0.1) is 30.2 Å². The van der Waals surface area contributed by atoms with Crippen LogP contribution in [0.25, 0.3) is 11.6 Å². The first-order valence-corrected chi connectivity index (χ1v) is 13.7. The third-order valence-corrected chi connectivity index (χ3v) is 7.78. The highest BCUT2D eigenvalue weighted by molar-refractivity contribution is 6.05. The van der Waals surface area contributed by atoms with Crippen molar-refractivity contribution >= 4 is 23.5 Å². The lowest BCUT2D eigenvalue weighted by Crippen LogP contribution is -2.39. The van der Waals surface area contributed by atoms with Crippen LogP contribution in [0.1, 0.15) is 63.6 Å². The molecule has 0 saturated carbocycles. The number of aromatic nitrogens is 1. The van der Waals surface area contributed by atoms with Crippen LogP contribution >= 0.6 is 0 Å². The summed E-state index contributed by atoms with van der Waals surface area (Å²) in [6, 6.07) is 12.7. The number of imide groups is 1. The van der Waals surface area contributed by atoms with Gasteiger partial charge in [-0.3, -0.25) is 19.5 Å². The van der Waals surface area contributed by atoms with Crippen molar-refractivity contribution < 1.29 is 24.9 Å². The fourth-order valence-corrected chi connectivity index (χ4v) is 6.08. The molecule has 2 aliphatic rings. The minimum atomic E-state index is -0.880. The number of aliphatic hydroxyl groups excluding tert-OH is 2. The van der Waals surface area contributed by atoms with Gasteiger partial charge >= 0.3 is 0 Å². The summed E-state index contributed by atoms with van der Waals surface area (Å²) < 4.78 is 0. The average molecular weight is 519 g/mol. The van der Waals surface area contributed by atoms with E-state index in [0.29, 0.717) is 44.2 Å². The summed E-state index contributed by atoms with van der Waals surface area (Å²) in [5.41, 5.74) is 3.98. The maximum Gasteiger partial charge on any atom is 0.233 e. The van der Waals surface area contributed by atoms with E-state index < -0.39 is 23.9 Å². The second-order valence-electron chi connectivity index (χ2n) is 10.3. The van der Waals surface area contributed by atoms with Crippen molar-refractivity contribution in [3.05, 3.63) is 71.1 Å². The second-order valence-corrected chi connectivity index (χ2v) is 10.3. The molecule has 202 valence electrons. The standard InChI is InChI=1S/C31H38N2O5/c1-3-9-22-18-23-29(31(38)33(16-4-2)30(23)37)24(19-34)28(22)27(36)14-13-20(25-11-7-8-15-32-25)17-21-10-5-6-12-26(21)35/h5-8,10-12,15,17,23-24,27,29,34-36H,3-4,9,13-14,16,18-19H2,1-2H3/b20-17-/t23-,24+,27-,29-/m1/s1. The number of carbonyl (C=O) groups is 2. The van der Waals surface area contributed by atoms with Gasteiger partial charge in [-0.1, -0.05) is 50.1 Å². The molecule has 1 aliphatic heterocycles. The highest BCUT2D eigenvalue weighted by atomic mass is 16.3. The largest absolute Gasteiger partial charge is 0.507 e. The first-order valence-electron chi connectivity index (χ1n) is 13.7. The van der Waals surface area contributed by atoms with E-state index in [4.69, 9.17) is 0 Å². The van der Waals surface area contributed by atoms with E-state index in [9.17, 15) is 24.9 Å². The Morgan fingerprint density at radius 1 is 1.11 bits per heavy atom. The highest BCUT2D eigenvalue weighted by Crippen LogP contribution is 2.47. The number of benzene rings is 1. The normalized spacial score (nSPS) is 22.7. The van der Waals surface area contributed by atoms with Gasteiger partial charge in [-0.2, -0.15) is 0 Å². The lowest BCUT2D eigenvalue weighted by atomic mass is 9.67. The van der Waals surface area contributed by atoms with Gasteiger partial charge in [0.1, 0.15) is 5.75 Å². The number of hydrogen-bond acceptors (Lipinski definition) is 6. The van der Waals surface area contributed by atoms with E-state index in [0.717, 1.165) is 28.8 Å². The summed E-state index contributed by atoms with van der Waals surface area (Å²) in [6.45, 7) is 4.08. The van der Waals surface area contributed by atoms with E-state index in [1.165, 1.54) is 4.90 Å². The third-order valence-electron chi connectivity index (χ3n) is 7.78.